The Balaban J connectivity index is 1.74. The van der Waals surface area contributed by atoms with E-state index in [-0.39, 0.29) is 19.3 Å². The molecule has 0 aliphatic rings. The summed E-state index contributed by atoms with van der Waals surface area (Å²) in [6.07, 6.45) is -0.855. The number of carbonyl (C=O) groups is 1. The fourth-order valence-corrected chi connectivity index (χ4v) is 3.41. The molecule has 0 saturated heterocycles. The molecule has 1 aromatic heterocycles. The summed E-state index contributed by atoms with van der Waals surface area (Å²) in [5.41, 5.74) is 4.27. The van der Waals surface area contributed by atoms with Crippen molar-refractivity contribution in [3.8, 4) is 34.3 Å². The predicted molar refractivity (Wildman–Crippen MR) is 127 cm³/mol. The summed E-state index contributed by atoms with van der Waals surface area (Å²) in [5, 5.41) is 25.3. The first-order chi connectivity index (χ1) is 16.2. The van der Waals surface area contributed by atoms with Crippen molar-refractivity contribution in [2.24, 2.45) is 0 Å². The highest BCUT2D eigenvalue weighted by atomic mass is 16.5. The van der Waals surface area contributed by atoms with Crippen LogP contribution in [0.5, 0.6) is 11.5 Å². The predicted octanol–water partition coefficient (Wildman–Crippen LogP) is 2.96. The number of hydrogen-bond donors (Lipinski definition) is 3. The van der Waals surface area contributed by atoms with E-state index < -0.39 is 18.6 Å². The summed E-state index contributed by atoms with van der Waals surface area (Å²) in [6.45, 7) is 9.08. The fraction of sp³-hybridized carbons (Fsp3) is 0.400. The number of hydrogen-bond acceptors (Lipinski definition) is 8. The second-order valence-corrected chi connectivity index (χ2v) is 8.44. The lowest BCUT2D eigenvalue weighted by molar-refractivity contribution is -0.124. The van der Waals surface area contributed by atoms with E-state index in [0.29, 0.717) is 17.5 Å². The van der Waals surface area contributed by atoms with E-state index in [1.54, 1.807) is 0 Å². The molecule has 0 bridgehead atoms. The van der Waals surface area contributed by atoms with Crippen molar-refractivity contribution >= 4 is 5.91 Å². The molecule has 0 saturated carbocycles. The molecule has 1 atom stereocenters. The maximum atomic E-state index is 11.1. The Kier molecular flexibility index (Phi) is 8.25. The van der Waals surface area contributed by atoms with Gasteiger partial charge in [0.15, 0.2) is 0 Å². The number of benzene rings is 2. The molecule has 182 valence electrons. The summed E-state index contributed by atoms with van der Waals surface area (Å²) in [5.74, 6) is 1.70. The molecule has 3 rings (SSSR count). The molecular weight excluding hydrogens is 438 g/mol. The number of rotatable bonds is 10. The minimum Gasteiger partial charge on any atom is -0.491 e. The van der Waals surface area contributed by atoms with Crippen LogP contribution in [0.1, 0.15) is 30.5 Å². The number of amides is 1. The maximum absolute atomic E-state index is 11.1. The summed E-state index contributed by atoms with van der Waals surface area (Å²) in [4.78, 5) is 15.7. The maximum Gasteiger partial charge on any atom is 0.258 e. The molecule has 9 nitrogen and oxygen atoms in total. The van der Waals surface area contributed by atoms with Crippen molar-refractivity contribution in [2.45, 2.75) is 46.8 Å². The van der Waals surface area contributed by atoms with Gasteiger partial charge < -0.3 is 29.5 Å². The SMILES string of the molecule is Cc1ccc(-c2nc(-c3cc(C)c(OC[C@H](O)CNC(=O)CO)c(C)c3)no2)cc1OC(C)C. The average Bonchev–Trinajstić information content (AvgIpc) is 3.28. The highest BCUT2D eigenvalue weighted by molar-refractivity contribution is 5.76. The molecule has 0 unspecified atom stereocenters. The van der Waals surface area contributed by atoms with Crippen LogP contribution in [0.15, 0.2) is 34.9 Å². The number of aliphatic hydroxyl groups excluding tert-OH is 2. The topological polar surface area (TPSA) is 127 Å². The van der Waals surface area contributed by atoms with Crippen molar-refractivity contribution in [2.75, 3.05) is 19.8 Å². The van der Waals surface area contributed by atoms with E-state index in [4.69, 9.17) is 19.1 Å². The van der Waals surface area contributed by atoms with Crippen LogP contribution >= 0.6 is 0 Å². The zero-order chi connectivity index (χ0) is 24.8. The molecular formula is C25H31N3O6. The molecule has 2 aromatic carbocycles. The first-order valence-corrected chi connectivity index (χ1v) is 11.1. The third-order valence-electron chi connectivity index (χ3n) is 5.04. The third kappa shape index (κ3) is 6.33. The highest BCUT2D eigenvalue weighted by Crippen LogP contribution is 2.31. The van der Waals surface area contributed by atoms with Crippen LogP contribution < -0.4 is 14.8 Å². The minimum atomic E-state index is -0.909. The Morgan fingerprint density at radius 2 is 1.79 bits per heavy atom. The second-order valence-electron chi connectivity index (χ2n) is 8.44. The van der Waals surface area contributed by atoms with E-state index in [0.717, 1.165) is 33.6 Å². The summed E-state index contributed by atoms with van der Waals surface area (Å²) >= 11 is 0. The van der Waals surface area contributed by atoms with Crippen molar-refractivity contribution < 1.29 is 29.0 Å². The van der Waals surface area contributed by atoms with E-state index in [9.17, 15) is 9.90 Å². The molecule has 0 aliphatic heterocycles. The number of nitrogens with one attached hydrogen (secondary N) is 1. The van der Waals surface area contributed by atoms with Gasteiger partial charge in [-0.1, -0.05) is 11.2 Å². The molecule has 3 N–H and O–H groups in total. The van der Waals surface area contributed by atoms with Crippen LogP contribution in [0, 0.1) is 20.8 Å². The van der Waals surface area contributed by atoms with E-state index in [1.807, 2.05) is 65.0 Å². The van der Waals surface area contributed by atoms with Crippen molar-refractivity contribution in [3.63, 3.8) is 0 Å². The smallest absolute Gasteiger partial charge is 0.258 e. The molecule has 3 aromatic rings. The van der Waals surface area contributed by atoms with Crippen LogP contribution in [0.3, 0.4) is 0 Å². The zero-order valence-electron chi connectivity index (χ0n) is 20.1. The van der Waals surface area contributed by atoms with Gasteiger partial charge in [0.25, 0.3) is 5.89 Å². The Labute approximate surface area is 198 Å². The van der Waals surface area contributed by atoms with Crippen LogP contribution in [0.25, 0.3) is 22.8 Å². The second kappa shape index (κ2) is 11.1. The minimum absolute atomic E-state index is 0.00665. The largest absolute Gasteiger partial charge is 0.491 e. The van der Waals surface area contributed by atoms with Gasteiger partial charge in [-0.15, -0.1) is 0 Å². The van der Waals surface area contributed by atoms with E-state index in [2.05, 4.69) is 15.5 Å². The first kappa shape index (κ1) is 25.2. The van der Waals surface area contributed by atoms with Gasteiger partial charge in [-0.05, 0) is 75.6 Å². The van der Waals surface area contributed by atoms with Crippen molar-refractivity contribution in [1.29, 1.82) is 0 Å². The number of ether oxygens (including phenoxy) is 2. The van der Waals surface area contributed by atoms with Crippen LogP contribution in [0.2, 0.25) is 0 Å². The van der Waals surface area contributed by atoms with E-state index >= 15 is 0 Å². The van der Waals surface area contributed by atoms with Crippen LogP contribution in [0.4, 0.5) is 0 Å². The lowest BCUT2D eigenvalue weighted by atomic mass is 10.1. The summed E-state index contributed by atoms with van der Waals surface area (Å²) < 4.78 is 17.2. The number of carbonyl (C=O) groups excluding carboxylic acids is 1. The van der Waals surface area contributed by atoms with Gasteiger partial charge in [0, 0.05) is 17.7 Å². The van der Waals surface area contributed by atoms with Gasteiger partial charge >= 0.3 is 0 Å². The summed E-state index contributed by atoms with van der Waals surface area (Å²) in [6, 6.07) is 9.55. The highest BCUT2D eigenvalue weighted by Gasteiger charge is 2.16. The van der Waals surface area contributed by atoms with Crippen molar-refractivity contribution in [3.05, 3.63) is 47.0 Å². The van der Waals surface area contributed by atoms with Crippen LogP contribution in [-0.2, 0) is 4.79 Å². The number of nitrogens with zero attached hydrogens (tertiary/aromatic N) is 2. The molecule has 0 spiro atoms. The van der Waals surface area contributed by atoms with Gasteiger partial charge in [0.05, 0.1) is 6.10 Å². The van der Waals surface area contributed by atoms with Gasteiger partial charge in [-0.2, -0.15) is 4.98 Å². The van der Waals surface area contributed by atoms with Crippen LogP contribution in [-0.4, -0.2) is 58.2 Å². The van der Waals surface area contributed by atoms with Crippen molar-refractivity contribution in [1.82, 2.24) is 15.5 Å². The number of aromatic nitrogens is 2. The lowest BCUT2D eigenvalue weighted by Crippen LogP contribution is -2.36. The van der Waals surface area contributed by atoms with Gasteiger partial charge in [-0.3, -0.25) is 4.79 Å². The van der Waals surface area contributed by atoms with Gasteiger partial charge in [-0.25, -0.2) is 0 Å². The fourth-order valence-electron chi connectivity index (χ4n) is 3.41. The normalized spacial score (nSPS) is 12.0. The lowest BCUT2D eigenvalue weighted by Gasteiger charge is -2.16. The average molecular weight is 470 g/mol. The molecule has 0 aliphatic carbocycles. The molecule has 0 fully saturated rings. The molecule has 34 heavy (non-hydrogen) atoms. The molecule has 9 heteroatoms. The van der Waals surface area contributed by atoms with E-state index in [1.165, 1.54) is 0 Å². The number of aryl methyl sites for hydroxylation is 3. The zero-order valence-corrected chi connectivity index (χ0v) is 20.1. The summed E-state index contributed by atoms with van der Waals surface area (Å²) in [7, 11) is 0. The first-order valence-electron chi connectivity index (χ1n) is 11.1. The Bertz CT molecular complexity index is 1120. The van der Waals surface area contributed by atoms with Gasteiger partial charge in [0.2, 0.25) is 11.7 Å². The standard InChI is InChI=1S/C25H31N3O6/c1-14(2)33-21-10-18(7-6-15(21)3)25-27-24(28-34-25)19-8-16(4)23(17(5)9-19)32-13-20(30)11-26-22(31)12-29/h6-10,14,20,29-30H,11-13H2,1-5H3,(H,26,31)/t20-/m1/s1. The molecule has 1 amide bonds. The molecule has 1 heterocycles. The number of aliphatic hydroxyl groups is 2. The molecule has 0 radical (unpaired) electrons. The Morgan fingerprint density at radius 3 is 2.44 bits per heavy atom. The quantitative estimate of drug-likeness (QED) is 0.414. The van der Waals surface area contributed by atoms with Gasteiger partial charge in [0.1, 0.15) is 30.8 Å². The Morgan fingerprint density at radius 1 is 1.09 bits per heavy atom. The third-order valence-corrected chi connectivity index (χ3v) is 5.04. The Hall–Kier alpha value is -3.43. The monoisotopic (exact) mass is 469 g/mol.